The summed E-state index contributed by atoms with van der Waals surface area (Å²) < 4.78 is 49.8. The molecule has 1 aromatic heterocycles. The van der Waals surface area contributed by atoms with Crippen LogP contribution in [0, 0.1) is 0 Å². The molecule has 1 heterocycles. The summed E-state index contributed by atoms with van der Waals surface area (Å²) in [6, 6.07) is 14.6. The lowest BCUT2D eigenvalue weighted by molar-refractivity contribution is -0.140. The number of furan rings is 1. The van der Waals surface area contributed by atoms with Gasteiger partial charge in [0.05, 0.1) is 11.8 Å². The highest BCUT2D eigenvalue weighted by molar-refractivity contribution is 6.02. The molecule has 0 aliphatic heterocycles. The number of amides is 2. The summed E-state index contributed by atoms with van der Waals surface area (Å²) in [5, 5.41) is 2.63. The first-order valence-electron chi connectivity index (χ1n) is 9.21. The number of nitrogens with zero attached hydrogens (tertiary/aromatic N) is 1. The first-order valence-corrected chi connectivity index (χ1v) is 9.21. The average molecular weight is 432 g/mol. The van der Waals surface area contributed by atoms with E-state index in [1.807, 2.05) is 0 Å². The summed E-state index contributed by atoms with van der Waals surface area (Å²) in [7, 11) is 1.40. The van der Waals surface area contributed by atoms with Crippen molar-refractivity contribution in [2.75, 3.05) is 19.0 Å². The van der Waals surface area contributed by atoms with Crippen LogP contribution in [0.1, 0.15) is 21.7 Å². The van der Waals surface area contributed by atoms with Gasteiger partial charge < -0.3 is 19.4 Å². The second kappa shape index (κ2) is 9.38. The zero-order chi connectivity index (χ0) is 22.4. The normalized spacial score (nSPS) is 11.1. The lowest BCUT2D eigenvalue weighted by atomic mass is 10.1. The average Bonchev–Trinajstić information content (AvgIpc) is 3.27. The van der Waals surface area contributed by atoms with Crippen LogP contribution in [0.3, 0.4) is 0 Å². The van der Waals surface area contributed by atoms with Gasteiger partial charge >= 0.3 is 6.18 Å². The molecule has 0 saturated carbocycles. The van der Waals surface area contributed by atoms with Crippen molar-refractivity contribution in [2.45, 2.75) is 12.7 Å². The van der Waals surface area contributed by atoms with Gasteiger partial charge in [-0.05, 0) is 35.9 Å². The van der Waals surface area contributed by atoms with Crippen LogP contribution in [0.25, 0.3) is 0 Å². The SMILES string of the molecule is CN(Cc1ccccc1C(F)(F)F)C(=O)COc1cccc(NC(=O)c2ccco2)c1. The van der Waals surface area contributed by atoms with E-state index in [-0.39, 0.29) is 24.5 Å². The molecule has 0 fully saturated rings. The zero-order valence-electron chi connectivity index (χ0n) is 16.5. The predicted octanol–water partition coefficient (Wildman–Crippen LogP) is 4.59. The minimum Gasteiger partial charge on any atom is -0.484 e. The molecule has 0 aliphatic rings. The molecular weight excluding hydrogens is 413 g/mol. The van der Waals surface area contributed by atoms with E-state index in [0.29, 0.717) is 11.4 Å². The van der Waals surface area contributed by atoms with Gasteiger partial charge in [0.15, 0.2) is 12.4 Å². The molecule has 2 amide bonds. The van der Waals surface area contributed by atoms with E-state index in [1.165, 1.54) is 43.6 Å². The van der Waals surface area contributed by atoms with Crippen LogP contribution in [-0.4, -0.2) is 30.4 Å². The van der Waals surface area contributed by atoms with Crippen molar-refractivity contribution in [3.05, 3.63) is 83.8 Å². The van der Waals surface area contributed by atoms with E-state index < -0.39 is 23.6 Å². The summed E-state index contributed by atoms with van der Waals surface area (Å²) in [6.45, 7) is -0.586. The topological polar surface area (TPSA) is 71.8 Å². The van der Waals surface area contributed by atoms with E-state index in [9.17, 15) is 22.8 Å². The fourth-order valence-electron chi connectivity index (χ4n) is 2.80. The summed E-state index contributed by atoms with van der Waals surface area (Å²) in [5.41, 5.74) is -0.358. The van der Waals surface area contributed by atoms with Gasteiger partial charge in [-0.2, -0.15) is 13.2 Å². The summed E-state index contributed by atoms with van der Waals surface area (Å²) in [5.74, 6) is -0.486. The summed E-state index contributed by atoms with van der Waals surface area (Å²) in [4.78, 5) is 25.5. The van der Waals surface area contributed by atoms with E-state index in [2.05, 4.69) is 5.32 Å². The zero-order valence-corrected chi connectivity index (χ0v) is 16.5. The van der Waals surface area contributed by atoms with Gasteiger partial charge in [-0.15, -0.1) is 0 Å². The molecule has 0 aliphatic carbocycles. The number of anilines is 1. The fraction of sp³-hybridized carbons (Fsp3) is 0.182. The van der Waals surface area contributed by atoms with Crippen LogP contribution in [0.5, 0.6) is 5.75 Å². The number of hydrogen-bond donors (Lipinski definition) is 1. The number of rotatable bonds is 7. The van der Waals surface area contributed by atoms with Crippen molar-refractivity contribution in [1.82, 2.24) is 4.90 Å². The Hall–Kier alpha value is -3.75. The molecule has 1 N–H and O–H groups in total. The summed E-state index contributed by atoms with van der Waals surface area (Å²) in [6.07, 6.45) is -3.12. The summed E-state index contributed by atoms with van der Waals surface area (Å²) >= 11 is 0. The van der Waals surface area contributed by atoms with Crippen molar-refractivity contribution < 1.29 is 31.9 Å². The smallest absolute Gasteiger partial charge is 0.416 e. The maximum absolute atomic E-state index is 13.1. The number of benzene rings is 2. The standard InChI is InChI=1S/C22H19F3N2O4/c1-27(13-15-6-2-3-9-18(15)22(23,24)25)20(28)14-31-17-8-4-7-16(12-17)26-21(29)19-10-5-11-30-19/h2-12H,13-14H2,1H3,(H,26,29). The Morgan fingerprint density at radius 3 is 2.55 bits per heavy atom. The second-order valence-corrected chi connectivity index (χ2v) is 6.65. The lowest BCUT2D eigenvalue weighted by Gasteiger charge is -2.20. The molecule has 9 heteroatoms. The number of ether oxygens (including phenoxy) is 1. The number of carbonyl (C=O) groups excluding carboxylic acids is 2. The van der Waals surface area contributed by atoms with Gasteiger partial charge in [-0.25, -0.2) is 0 Å². The molecule has 0 spiro atoms. The number of nitrogens with one attached hydrogen (secondary N) is 1. The Kier molecular flexibility index (Phi) is 6.64. The van der Waals surface area contributed by atoms with Crippen molar-refractivity contribution in [1.29, 1.82) is 0 Å². The van der Waals surface area contributed by atoms with Gasteiger partial charge in [-0.1, -0.05) is 24.3 Å². The Labute approximate surface area is 176 Å². The predicted molar refractivity (Wildman–Crippen MR) is 107 cm³/mol. The van der Waals surface area contributed by atoms with Gasteiger partial charge in [0.1, 0.15) is 5.75 Å². The number of hydrogen-bond acceptors (Lipinski definition) is 4. The number of halogens is 3. The van der Waals surface area contributed by atoms with Crippen LogP contribution in [-0.2, 0) is 17.5 Å². The maximum atomic E-state index is 13.1. The number of alkyl halides is 3. The van der Waals surface area contributed by atoms with Gasteiger partial charge in [0.25, 0.3) is 11.8 Å². The van der Waals surface area contributed by atoms with Crippen molar-refractivity contribution in [3.63, 3.8) is 0 Å². The maximum Gasteiger partial charge on any atom is 0.416 e. The Morgan fingerprint density at radius 1 is 1.06 bits per heavy atom. The number of likely N-dealkylation sites (N-methyl/N-ethyl adjacent to an activating group) is 1. The molecule has 31 heavy (non-hydrogen) atoms. The van der Waals surface area contributed by atoms with Crippen LogP contribution in [0.2, 0.25) is 0 Å². The van der Waals surface area contributed by atoms with E-state index in [1.54, 1.807) is 24.3 Å². The molecule has 0 atom stereocenters. The monoisotopic (exact) mass is 432 g/mol. The van der Waals surface area contributed by atoms with E-state index >= 15 is 0 Å². The van der Waals surface area contributed by atoms with Gasteiger partial charge in [0.2, 0.25) is 0 Å². The Morgan fingerprint density at radius 2 is 1.84 bits per heavy atom. The van der Waals surface area contributed by atoms with E-state index in [4.69, 9.17) is 9.15 Å². The first-order chi connectivity index (χ1) is 14.7. The highest BCUT2D eigenvalue weighted by Crippen LogP contribution is 2.32. The Bertz CT molecular complexity index is 1050. The number of carbonyl (C=O) groups is 2. The highest BCUT2D eigenvalue weighted by atomic mass is 19.4. The highest BCUT2D eigenvalue weighted by Gasteiger charge is 2.33. The molecule has 0 unspecified atom stereocenters. The molecule has 0 bridgehead atoms. The van der Waals surface area contributed by atoms with Gasteiger partial charge in [-0.3, -0.25) is 9.59 Å². The molecule has 3 rings (SSSR count). The van der Waals surface area contributed by atoms with Crippen LogP contribution >= 0.6 is 0 Å². The van der Waals surface area contributed by atoms with Crippen molar-refractivity contribution in [2.24, 2.45) is 0 Å². The van der Waals surface area contributed by atoms with Crippen molar-refractivity contribution >= 4 is 17.5 Å². The third-order valence-corrected chi connectivity index (χ3v) is 4.36. The second-order valence-electron chi connectivity index (χ2n) is 6.65. The third kappa shape index (κ3) is 5.88. The Balaban J connectivity index is 1.58. The van der Waals surface area contributed by atoms with Crippen LogP contribution < -0.4 is 10.1 Å². The fourth-order valence-corrected chi connectivity index (χ4v) is 2.80. The van der Waals surface area contributed by atoms with Crippen LogP contribution in [0.4, 0.5) is 18.9 Å². The molecule has 0 saturated heterocycles. The molecule has 6 nitrogen and oxygen atoms in total. The first kappa shape index (κ1) is 21.9. The van der Waals surface area contributed by atoms with Gasteiger partial charge in [0, 0.05) is 25.3 Å². The quantitative estimate of drug-likeness (QED) is 0.593. The minimum absolute atomic E-state index is 0.00603. The minimum atomic E-state index is -4.50. The molecule has 2 aromatic carbocycles. The molecule has 162 valence electrons. The molecular formula is C22H19F3N2O4. The van der Waals surface area contributed by atoms with Crippen molar-refractivity contribution in [3.8, 4) is 5.75 Å². The molecule has 3 aromatic rings. The largest absolute Gasteiger partial charge is 0.484 e. The van der Waals surface area contributed by atoms with E-state index in [0.717, 1.165) is 11.0 Å². The lowest BCUT2D eigenvalue weighted by Crippen LogP contribution is -2.31. The molecule has 0 radical (unpaired) electrons. The third-order valence-electron chi connectivity index (χ3n) is 4.36. The van der Waals surface area contributed by atoms with Crippen LogP contribution in [0.15, 0.2) is 71.3 Å².